The second-order valence-electron chi connectivity index (χ2n) is 7.94. The van der Waals surface area contributed by atoms with Gasteiger partial charge in [0.15, 0.2) is 17.3 Å². The van der Waals surface area contributed by atoms with E-state index in [4.69, 9.17) is 18.6 Å². The van der Waals surface area contributed by atoms with E-state index in [9.17, 15) is 25.0 Å². The summed E-state index contributed by atoms with van der Waals surface area (Å²) in [6.07, 6.45) is 0. The van der Waals surface area contributed by atoms with Crippen molar-refractivity contribution in [1.29, 1.82) is 0 Å². The molecular formula is C26H21N3O9. The summed E-state index contributed by atoms with van der Waals surface area (Å²) >= 11 is 0. The molecule has 1 heterocycles. The lowest BCUT2D eigenvalue weighted by molar-refractivity contribution is -0.385. The van der Waals surface area contributed by atoms with E-state index < -0.39 is 15.8 Å². The van der Waals surface area contributed by atoms with Crippen LogP contribution in [-0.2, 0) is 6.61 Å². The van der Waals surface area contributed by atoms with Gasteiger partial charge in [-0.3, -0.25) is 25.0 Å². The van der Waals surface area contributed by atoms with Gasteiger partial charge in [0.05, 0.1) is 28.7 Å². The van der Waals surface area contributed by atoms with Gasteiger partial charge < -0.3 is 23.9 Å². The van der Waals surface area contributed by atoms with Crippen LogP contribution in [0.15, 0.2) is 77.2 Å². The number of carbonyl (C=O) groups excluding carboxylic acids is 1. The molecule has 0 radical (unpaired) electrons. The number of nitro groups is 2. The first kappa shape index (κ1) is 25.7. The minimum atomic E-state index is -0.647. The van der Waals surface area contributed by atoms with E-state index in [0.29, 0.717) is 28.6 Å². The molecule has 1 amide bonds. The largest absolute Gasteiger partial charge is 0.493 e. The summed E-state index contributed by atoms with van der Waals surface area (Å²) < 4.78 is 22.1. The number of anilines is 1. The molecule has 0 unspecified atom stereocenters. The summed E-state index contributed by atoms with van der Waals surface area (Å²) in [6, 6.07) is 17.9. The predicted octanol–water partition coefficient (Wildman–Crippen LogP) is 6.04. The highest BCUT2D eigenvalue weighted by atomic mass is 16.6. The fourth-order valence-corrected chi connectivity index (χ4v) is 3.50. The van der Waals surface area contributed by atoms with E-state index >= 15 is 0 Å². The number of nitro benzene ring substituents is 2. The van der Waals surface area contributed by atoms with Gasteiger partial charge in [0.1, 0.15) is 23.9 Å². The average Bonchev–Trinajstić information content (AvgIpc) is 3.37. The third kappa shape index (κ3) is 6.05. The van der Waals surface area contributed by atoms with E-state index in [-0.39, 0.29) is 35.2 Å². The lowest BCUT2D eigenvalue weighted by Gasteiger charge is -2.11. The van der Waals surface area contributed by atoms with Crippen molar-refractivity contribution in [2.24, 2.45) is 0 Å². The molecule has 0 aliphatic rings. The number of furan rings is 1. The summed E-state index contributed by atoms with van der Waals surface area (Å²) in [5, 5.41) is 25.0. The SMILES string of the molecule is COc1ccccc1Oc1cc(NC(=O)c2ccc(COc3ccc([N+](=O)[O-])c(C)c3)o2)cc([N+](=O)[O-])c1. The van der Waals surface area contributed by atoms with Gasteiger partial charge >= 0.3 is 0 Å². The van der Waals surface area contributed by atoms with E-state index in [1.54, 1.807) is 31.2 Å². The van der Waals surface area contributed by atoms with Crippen LogP contribution in [-0.4, -0.2) is 22.9 Å². The number of aryl methyl sites for hydroxylation is 1. The Bertz CT molecular complexity index is 1510. The number of nitrogens with one attached hydrogen (secondary N) is 1. The summed E-state index contributed by atoms with van der Waals surface area (Å²) in [5.41, 5.74) is 0.245. The van der Waals surface area contributed by atoms with Crippen molar-refractivity contribution >= 4 is 23.0 Å². The van der Waals surface area contributed by atoms with Crippen LogP contribution in [0.25, 0.3) is 0 Å². The van der Waals surface area contributed by atoms with Gasteiger partial charge in [0.2, 0.25) is 0 Å². The zero-order valence-electron chi connectivity index (χ0n) is 20.2. The van der Waals surface area contributed by atoms with Crippen molar-refractivity contribution in [1.82, 2.24) is 0 Å². The first-order chi connectivity index (χ1) is 18.2. The molecule has 0 bridgehead atoms. The molecular weight excluding hydrogens is 498 g/mol. The van der Waals surface area contributed by atoms with Crippen LogP contribution in [0.4, 0.5) is 17.1 Å². The minimum Gasteiger partial charge on any atom is -0.493 e. The zero-order chi connectivity index (χ0) is 27.2. The molecule has 4 rings (SSSR count). The quantitative estimate of drug-likeness (QED) is 0.195. The monoisotopic (exact) mass is 519 g/mol. The topological polar surface area (TPSA) is 156 Å². The van der Waals surface area contributed by atoms with Crippen molar-refractivity contribution in [3.8, 4) is 23.0 Å². The number of methoxy groups -OCH3 is 1. The Labute approximate surface area is 215 Å². The molecule has 0 atom stereocenters. The normalized spacial score (nSPS) is 10.5. The number of rotatable bonds is 10. The molecule has 0 saturated carbocycles. The fraction of sp³-hybridized carbons (Fsp3) is 0.115. The Balaban J connectivity index is 1.46. The third-order valence-electron chi connectivity index (χ3n) is 5.29. The van der Waals surface area contributed by atoms with Gasteiger partial charge in [-0.15, -0.1) is 0 Å². The Hall–Kier alpha value is -5.39. The molecule has 1 N–H and O–H groups in total. The molecule has 0 spiro atoms. The number of nitrogens with zero attached hydrogens (tertiary/aromatic N) is 2. The number of para-hydroxylation sites is 2. The first-order valence-corrected chi connectivity index (χ1v) is 11.1. The Kier molecular flexibility index (Phi) is 7.52. The first-order valence-electron chi connectivity index (χ1n) is 11.1. The van der Waals surface area contributed by atoms with Crippen LogP contribution in [0.3, 0.4) is 0 Å². The lowest BCUT2D eigenvalue weighted by atomic mass is 10.2. The van der Waals surface area contributed by atoms with Gasteiger partial charge in [-0.2, -0.15) is 0 Å². The summed E-state index contributed by atoms with van der Waals surface area (Å²) in [5.74, 6) is 0.907. The van der Waals surface area contributed by atoms with Crippen LogP contribution < -0.4 is 19.5 Å². The smallest absolute Gasteiger partial charge is 0.291 e. The van der Waals surface area contributed by atoms with Crippen molar-refractivity contribution in [3.05, 3.63) is 110 Å². The maximum atomic E-state index is 12.8. The van der Waals surface area contributed by atoms with Gasteiger partial charge in [-0.05, 0) is 43.3 Å². The minimum absolute atomic E-state index is 0.0214. The van der Waals surface area contributed by atoms with Crippen LogP contribution in [0.1, 0.15) is 21.9 Å². The molecule has 12 nitrogen and oxygen atoms in total. The standard InChI is InChI=1S/C26H21N3O9/c1-16-11-19(7-9-22(16)29(33)34)36-15-20-8-10-25(37-20)26(30)27-17-12-18(28(31)32)14-21(13-17)38-24-6-4-3-5-23(24)35-2/h3-14H,15H2,1-2H3,(H,27,30). The highest BCUT2D eigenvalue weighted by Gasteiger charge is 2.17. The molecule has 194 valence electrons. The fourth-order valence-electron chi connectivity index (χ4n) is 3.50. The summed E-state index contributed by atoms with van der Waals surface area (Å²) in [6.45, 7) is 1.57. The molecule has 4 aromatic rings. The van der Waals surface area contributed by atoms with Crippen molar-refractivity contribution in [2.45, 2.75) is 13.5 Å². The molecule has 12 heteroatoms. The van der Waals surface area contributed by atoms with Crippen molar-refractivity contribution in [2.75, 3.05) is 12.4 Å². The van der Waals surface area contributed by atoms with Crippen molar-refractivity contribution in [3.63, 3.8) is 0 Å². The van der Waals surface area contributed by atoms with Crippen LogP contribution >= 0.6 is 0 Å². The van der Waals surface area contributed by atoms with E-state index in [1.807, 2.05) is 0 Å². The Morgan fingerprint density at radius 2 is 1.68 bits per heavy atom. The average molecular weight is 519 g/mol. The van der Waals surface area contributed by atoms with Crippen LogP contribution in [0.2, 0.25) is 0 Å². The lowest BCUT2D eigenvalue weighted by Crippen LogP contribution is -2.11. The maximum absolute atomic E-state index is 12.8. The van der Waals surface area contributed by atoms with Gasteiger partial charge in [0.25, 0.3) is 17.3 Å². The summed E-state index contributed by atoms with van der Waals surface area (Å²) in [4.78, 5) is 34.1. The molecule has 0 saturated heterocycles. The number of non-ortho nitro benzene ring substituents is 1. The number of amides is 1. The molecule has 3 aromatic carbocycles. The predicted molar refractivity (Wildman–Crippen MR) is 135 cm³/mol. The van der Waals surface area contributed by atoms with Crippen LogP contribution in [0.5, 0.6) is 23.0 Å². The highest BCUT2D eigenvalue weighted by molar-refractivity contribution is 6.02. The number of carbonyl (C=O) groups is 1. The van der Waals surface area contributed by atoms with E-state index in [2.05, 4.69) is 5.32 Å². The van der Waals surface area contributed by atoms with E-state index in [0.717, 1.165) is 0 Å². The third-order valence-corrected chi connectivity index (χ3v) is 5.29. The molecule has 1 aromatic heterocycles. The Morgan fingerprint density at radius 3 is 2.37 bits per heavy atom. The molecule has 0 aliphatic carbocycles. The number of hydrogen-bond donors (Lipinski definition) is 1. The van der Waals surface area contributed by atoms with Gasteiger partial charge in [-0.25, -0.2) is 0 Å². The summed E-state index contributed by atoms with van der Waals surface area (Å²) in [7, 11) is 1.47. The van der Waals surface area contributed by atoms with Crippen LogP contribution in [0, 0.1) is 27.2 Å². The van der Waals surface area contributed by atoms with Gasteiger partial charge in [0, 0.05) is 23.8 Å². The Morgan fingerprint density at radius 1 is 0.921 bits per heavy atom. The van der Waals surface area contributed by atoms with Crippen molar-refractivity contribution < 1.29 is 33.3 Å². The second kappa shape index (κ2) is 11.1. The molecule has 0 aliphatic heterocycles. The number of hydrogen-bond acceptors (Lipinski definition) is 9. The molecule has 0 fully saturated rings. The second-order valence-corrected chi connectivity index (χ2v) is 7.94. The molecule has 38 heavy (non-hydrogen) atoms. The zero-order valence-corrected chi connectivity index (χ0v) is 20.2. The number of ether oxygens (including phenoxy) is 3. The maximum Gasteiger partial charge on any atom is 0.291 e. The highest BCUT2D eigenvalue weighted by Crippen LogP contribution is 2.34. The van der Waals surface area contributed by atoms with E-state index in [1.165, 1.54) is 55.6 Å². The number of benzene rings is 3. The van der Waals surface area contributed by atoms with Gasteiger partial charge in [-0.1, -0.05) is 12.1 Å².